The smallest absolute Gasteiger partial charge is 0.0744 e. The number of halogens is 1. The third-order valence-corrected chi connectivity index (χ3v) is 4.20. The van der Waals surface area contributed by atoms with E-state index in [0.29, 0.717) is 5.92 Å². The molecule has 0 N–H and O–H groups in total. The predicted molar refractivity (Wildman–Crippen MR) is 90.3 cm³/mol. The Balaban J connectivity index is 2.18. The first-order chi connectivity index (χ1) is 10.2. The van der Waals surface area contributed by atoms with Crippen LogP contribution >= 0.6 is 11.8 Å². The number of anilines is 1. The van der Waals surface area contributed by atoms with Gasteiger partial charge in [0.05, 0.1) is 24.0 Å². The molecule has 2 aromatic carbocycles. The minimum Gasteiger partial charge on any atom is -0.282 e. The van der Waals surface area contributed by atoms with Crippen molar-refractivity contribution in [2.45, 2.75) is 19.9 Å². The van der Waals surface area contributed by atoms with Gasteiger partial charge in [0, 0.05) is 22.9 Å². The SMILES string of the molecule is CC(C)C1CN(Cl)c2ccccc2C(c2ccccc2)=N1. The first-order valence-corrected chi connectivity index (χ1v) is 7.66. The van der Waals surface area contributed by atoms with Gasteiger partial charge in [-0.05, 0) is 12.0 Å². The summed E-state index contributed by atoms with van der Waals surface area (Å²) in [6, 6.07) is 18.7. The van der Waals surface area contributed by atoms with Crippen LogP contribution in [-0.2, 0) is 0 Å². The van der Waals surface area contributed by atoms with Crippen molar-refractivity contribution in [2.75, 3.05) is 11.0 Å². The maximum atomic E-state index is 6.50. The van der Waals surface area contributed by atoms with Crippen molar-refractivity contribution in [1.82, 2.24) is 0 Å². The number of benzodiazepines with no additional fused rings is 1. The van der Waals surface area contributed by atoms with Crippen molar-refractivity contribution in [1.29, 1.82) is 0 Å². The number of rotatable bonds is 2. The summed E-state index contributed by atoms with van der Waals surface area (Å²) in [6.45, 7) is 5.11. The van der Waals surface area contributed by atoms with Crippen LogP contribution < -0.4 is 4.42 Å². The number of nitrogens with zero attached hydrogens (tertiary/aromatic N) is 2. The van der Waals surface area contributed by atoms with Gasteiger partial charge in [-0.25, -0.2) is 0 Å². The first kappa shape index (κ1) is 14.2. The van der Waals surface area contributed by atoms with Gasteiger partial charge in [-0.3, -0.25) is 9.41 Å². The highest BCUT2D eigenvalue weighted by molar-refractivity contribution is 6.28. The molecule has 2 nitrogen and oxygen atoms in total. The summed E-state index contributed by atoms with van der Waals surface area (Å²) in [6.07, 6.45) is 0. The van der Waals surface area contributed by atoms with Gasteiger partial charge in [0.2, 0.25) is 0 Å². The molecule has 0 saturated heterocycles. The number of aliphatic imine (C=N–C) groups is 1. The summed E-state index contributed by atoms with van der Waals surface area (Å²) in [5, 5.41) is 0. The van der Waals surface area contributed by atoms with Crippen LogP contribution in [0.2, 0.25) is 0 Å². The van der Waals surface area contributed by atoms with E-state index in [-0.39, 0.29) is 6.04 Å². The molecule has 0 spiro atoms. The zero-order valence-electron chi connectivity index (χ0n) is 12.3. The summed E-state index contributed by atoms with van der Waals surface area (Å²) in [4.78, 5) is 5.03. The second-order valence-corrected chi connectivity index (χ2v) is 6.13. The minimum absolute atomic E-state index is 0.185. The molecule has 21 heavy (non-hydrogen) atoms. The Bertz CT molecular complexity index is 649. The van der Waals surface area contributed by atoms with Gasteiger partial charge in [0.25, 0.3) is 0 Å². The molecule has 0 amide bonds. The molecule has 1 aliphatic heterocycles. The number of hydrogen-bond donors (Lipinski definition) is 0. The normalized spacial score (nSPS) is 18.2. The molecule has 0 aromatic heterocycles. The second kappa shape index (κ2) is 5.90. The maximum absolute atomic E-state index is 6.50. The molecule has 1 heterocycles. The van der Waals surface area contributed by atoms with E-state index < -0.39 is 0 Å². The van der Waals surface area contributed by atoms with Crippen LogP contribution in [-0.4, -0.2) is 18.3 Å². The van der Waals surface area contributed by atoms with Gasteiger partial charge < -0.3 is 0 Å². The fourth-order valence-corrected chi connectivity index (χ4v) is 2.90. The molecule has 0 bridgehead atoms. The molecule has 2 aromatic rings. The fraction of sp³-hybridized carbons (Fsp3) is 0.278. The van der Waals surface area contributed by atoms with Gasteiger partial charge in [-0.2, -0.15) is 0 Å². The molecule has 0 radical (unpaired) electrons. The maximum Gasteiger partial charge on any atom is 0.0744 e. The Morgan fingerprint density at radius 1 is 1.05 bits per heavy atom. The third-order valence-electron chi connectivity index (χ3n) is 3.88. The van der Waals surface area contributed by atoms with Crippen molar-refractivity contribution in [2.24, 2.45) is 10.9 Å². The van der Waals surface area contributed by atoms with E-state index in [4.69, 9.17) is 16.8 Å². The third kappa shape index (κ3) is 2.81. The topological polar surface area (TPSA) is 15.6 Å². The molecule has 1 atom stereocenters. The summed E-state index contributed by atoms with van der Waals surface area (Å²) < 4.78 is 1.81. The fourth-order valence-electron chi connectivity index (χ4n) is 2.61. The zero-order chi connectivity index (χ0) is 14.8. The highest BCUT2D eigenvalue weighted by atomic mass is 35.5. The van der Waals surface area contributed by atoms with Crippen LogP contribution in [0.4, 0.5) is 5.69 Å². The molecule has 3 heteroatoms. The van der Waals surface area contributed by atoms with Gasteiger partial charge >= 0.3 is 0 Å². The molecule has 108 valence electrons. The number of fused-ring (bicyclic) bond motifs is 1. The Morgan fingerprint density at radius 3 is 2.43 bits per heavy atom. The lowest BCUT2D eigenvalue weighted by molar-refractivity contribution is 0.507. The van der Waals surface area contributed by atoms with E-state index in [2.05, 4.69) is 38.1 Å². The standard InChI is InChI=1S/C18H19ClN2/c1-13(2)16-12-21(19)17-11-7-6-10-15(17)18(20-16)14-8-4-3-5-9-14/h3-11,13,16H,12H2,1-2H3. The summed E-state index contributed by atoms with van der Waals surface area (Å²) in [7, 11) is 0. The van der Waals surface area contributed by atoms with Crippen LogP contribution in [0.25, 0.3) is 0 Å². The molecule has 0 aliphatic carbocycles. The lowest BCUT2D eigenvalue weighted by Crippen LogP contribution is -2.27. The van der Waals surface area contributed by atoms with Gasteiger partial charge in [-0.15, -0.1) is 0 Å². The van der Waals surface area contributed by atoms with Crippen LogP contribution in [0.5, 0.6) is 0 Å². The van der Waals surface area contributed by atoms with E-state index in [9.17, 15) is 0 Å². The molecule has 0 saturated carbocycles. The van der Waals surface area contributed by atoms with Gasteiger partial charge in [0.1, 0.15) is 0 Å². The highest BCUT2D eigenvalue weighted by Gasteiger charge is 2.25. The molecule has 1 aliphatic rings. The van der Waals surface area contributed by atoms with Crippen LogP contribution in [0.3, 0.4) is 0 Å². The lowest BCUT2D eigenvalue weighted by Gasteiger charge is -2.21. The monoisotopic (exact) mass is 298 g/mol. The van der Waals surface area contributed by atoms with Crippen LogP contribution in [0, 0.1) is 5.92 Å². The van der Waals surface area contributed by atoms with E-state index in [1.807, 2.05) is 30.3 Å². The van der Waals surface area contributed by atoms with E-state index in [1.165, 1.54) is 0 Å². The summed E-state index contributed by atoms with van der Waals surface area (Å²) in [5.41, 5.74) is 4.31. The molecule has 3 rings (SSSR count). The average molecular weight is 299 g/mol. The first-order valence-electron chi connectivity index (χ1n) is 7.32. The van der Waals surface area contributed by atoms with Crippen molar-refractivity contribution >= 4 is 23.2 Å². The van der Waals surface area contributed by atoms with Crippen molar-refractivity contribution in [3.05, 3.63) is 65.7 Å². The van der Waals surface area contributed by atoms with Crippen molar-refractivity contribution < 1.29 is 0 Å². The largest absolute Gasteiger partial charge is 0.282 e. The van der Waals surface area contributed by atoms with Gasteiger partial charge in [-0.1, -0.05) is 62.4 Å². The Labute approximate surface area is 131 Å². The highest BCUT2D eigenvalue weighted by Crippen LogP contribution is 2.30. The van der Waals surface area contributed by atoms with E-state index in [1.54, 1.807) is 4.42 Å². The predicted octanol–water partition coefficient (Wildman–Crippen LogP) is 4.52. The van der Waals surface area contributed by atoms with Gasteiger partial charge in [0.15, 0.2) is 0 Å². The Hall–Kier alpha value is -1.80. The lowest BCUT2D eigenvalue weighted by atomic mass is 10.00. The molecule has 0 fully saturated rings. The summed E-state index contributed by atoms with van der Waals surface area (Å²) >= 11 is 6.50. The Morgan fingerprint density at radius 2 is 1.71 bits per heavy atom. The minimum atomic E-state index is 0.185. The summed E-state index contributed by atoms with van der Waals surface area (Å²) in [5.74, 6) is 0.444. The number of hydrogen-bond acceptors (Lipinski definition) is 2. The van der Waals surface area contributed by atoms with Crippen molar-refractivity contribution in [3.63, 3.8) is 0 Å². The molecule has 1 unspecified atom stereocenters. The van der Waals surface area contributed by atoms with Crippen molar-refractivity contribution in [3.8, 4) is 0 Å². The van der Waals surface area contributed by atoms with E-state index in [0.717, 1.165) is 29.1 Å². The number of benzene rings is 2. The van der Waals surface area contributed by atoms with Crippen LogP contribution in [0.1, 0.15) is 25.0 Å². The van der Waals surface area contributed by atoms with E-state index >= 15 is 0 Å². The second-order valence-electron chi connectivity index (χ2n) is 5.72. The molecular weight excluding hydrogens is 280 g/mol. The number of para-hydroxylation sites is 1. The quantitative estimate of drug-likeness (QED) is 0.744. The zero-order valence-corrected chi connectivity index (χ0v) is 13.1. The molecular formula is C18H19ClN2. The Kier molecular flexibility index (Phi) is 3.98. The average Bonchev–Trinajstić information content (AvgIpc) is 2.66. The van der Waals surface area contributed by atoms with Crippen LogP contribution in [0.15, 0.2) is 59.6 Å².